The van der Waals surface area contributed by atoms with Gasteiger partial charge in [0.1, 0.15) is 11.9 Å². The van der Waals surface area contributed by atoms with Crippen LogP contribution < -0.4 is 5.32 Å². The second kappa shape index (κ2) is 13.2. The summed E-state index contributed by atoms with van der Waals surface area (Å²) in [5.74, 6) is -0.746. The number of allylic oxidation sites excluding steroid dienone is 7. The molecule has 6 heteroatoms. The highest BCUT2D eigenvalue weighted by Gasteiger charge is 2.36. The van der Waals surface area contributed by atoms with Gasteiger partial charge >= 0.3 is 0 Å². The molecule has 6 nitrogen and oxygen atoms in total. The first kappa shape index (κ1) is 27.4. The summed E-state index contributed by atoms with van der Waals surface area (Å²) in [6.45, 7) is 3.69. The molecule has 1 heterocycles. The zero-order valence-corrected chi connectivity index (χ0v) is 21.3. The summed E-state index contributed by atoms with van der Waals surface area (Å²) in [7, 11) is 1.51. The zero-order valence-electron chi connectivity index (χ0n) is 21.3. The van der Waals surface area contributed by atoms with Gasteiger partial charge in [0.05, 0.1) is 12.1 Å². The molecule has 4 unspecified atom stereocenters. The molecule has 1 aliphatic carbocycles. The number of carbonyl (C=O) groups excluding carboxylic acids is 2. The van der Waals surface area contributed by atoms with Crippen molar-refractivity contribution in [3.8, 4) is 0 Å². The molecule has 1 aliphatic heterocycles. The van der Waals surface area contributed by atoms with Crippen molar-refractivity contribution in [2.24, 2.45) is 5.92 Å². The summed E-state index contributed by atoms with van der Waals surface area (Å²) in [5.41, 5.74) is 2.81. The van der Waals surface area contributed by atoms with Gasteiger partial charge in [-0.3, -0.25) is 9.59 Å². The molecule has 3 rings (SSSR count). The van der Waals surface area contributed by atoms with Gasteiger partial charge in [0, 0.05) is 30.6 Å². The molecule has 2 aliphatic rings. The van der Waals surface area contributed by atoms with Crippen LogP contribution in [0.2, 0.25) is 0 Å². The Morgan fingerprint density at radius 2 is 1.83 bits per heavy atom. The van der Waals surface area contributed by atoms with E-state index in [0.717, 1.165) is 11.1 Å². The van der Waals surface area contributed by atoms with E-state index in [9.17, 15) is 19.8 Å². The fraction of sp³-hybridized carbons (Fsp3) is 0.400. The molecule has 0 saturated carbocycles. The van der Waals surface area contributed by atoms with Gasteiger partial charge in [-0.05, 0) is 45.1 Å². The number of carbonyl (C=O) groups is 2. The first-order chi connectivity index (χ1) is 17.3. The van der Waals surface area contributed by atoms with Crippen LogP contribution in [0.4, 0.5) is 0 Å². The van der Waals surface area contributed by atoms with E-state index >= 15 is 0 Å². The number of amides is 1. The summed E-state index contributed by atoms with van der Waals surface area (Å²) in [4.78, 5) is 25.9. The topological polar surface area (TPSA) is 95.9 Å². The molecular weight excluding hydrogens is 454 g/mol. The third-order valence-corrected chi connectivity index (χ3v) is 6.67. The third kappa shape index (κ3) is 7.39. The van der Waals surface area contributed by atoms with E-state index in [1.807, 2.05) is 67.6 Å². The van der Waals surface area contributed by atoms with Crippen LogP contribution in [0.1, 0.15) is 57.6 Å². The highest BCUT2D eigenvalue weighted by molar-refractivity contribution is 5.97. The normalized spacial score (nSPS) is 31.6. The number of aliphatic hydroxyl groups excluding tert-OH is 2. The smallest absolute Gasteiger partial charge is 0.247 e. The molecule has 1 aromatic rings. The van der Waals surface area contributed by atoms with E-state index in [0.29, 0.717) is 36.8 Å². The number of ether oxygens (including phenoxy) is 1. The molecule has 192 valence electrons. The molecule has 1 aromatic carbocycles. The number of rotatable bonds is 2. The van der Waals surface area contributed by atoms with Crippen molar-refractivity contribution in [3.63, 3.8) is 0 Å². The van der Waals surface area contributed by atoms with Gasteiger partial charge in [-0.25, -0.2) is 0 Å². The molecule has 1 amide bonds. The van der Waals surface area contributed by atoms with Crippen LogP contribution in [-0.4, -0.2) is 41.2 Å². The average molecular weight is 492 g/mol. The van der Waals surface area contributed by atoms with Crippen molar-refractivity contribution in [2.45, 2.75) is 64.2 Å². The highest BCUT2D eigenvalue weighted by Crippen LogP contribution is 2.36. The van der Waals surface area contributed by atoms with Crippen molar-refractivity contribution < 1.29 is 24.5 Å². The number of hydrogen-bond donors (Lipinski definition) is 3. The molecule has 0 saturated heterocycles. The van der Waals surface area contributed by atoms with Crippen LogP contribution in [0.3, 0.4) is 0 Å². The molecule has 0 aromatic heterocycles. The Morgan fingerprint density at radius 1 is 1.08 bits per heavy atom. The number of methoxy groups -OCH3 is 1. The van der Waals surface area contributed by atoms with E-state index < -0.39 is 12.2 Å². The SMILES string of the molecule is COC1CC2/C=C(C)/C=C/C=C(/C)C(=O)NC(c3ccccc3)C/C=C/CCC(O)CC(=O)C2=C1O. The van der Waals surface area contributed by atoms with Gasteiger partial charge in [0.2, 0.25) is 5.91 Å². The molecule has 0 radical (unpaired) electrons. The van der Waals surface area contributed by atoms with Gasteiger partial charge in [0.25, 0.3) is 0 Å². The Balaban J connectivity index is 1.88. The van der Waals surface area contributed by atoms with Crippen molar-refractivity contribution in [1.82, 2.24) is 5.32 Å². The lowest BCUT2D eigenvalue weighted by atomic mass is 9.92. The van der Waals surface area contributed by atoms with Crippen LogP contribution in [0, 0.1) is 5.92 Å². The maximum atomic E-state index is 13.0. The number of benzene rings is 1. The number of fused-ring (bicyclic) bond motifs is 1. The van der Waals surface area contributed by atoms with E-state index in [1.165, 1.54) is 7.11 Å². The maximum Gasteiger partial charge on any atom is 0.247 e. The quantitative estimate of drug-likeness (QED) is 0.494. The number of aliphatic hydroxyl groups is 2. The lowest BCUT2D eigenvalue weighted by Crippen LogP contribution is -2.28. The molecule has 4 atom stereocenters. The fourth-order valence-corrected chi connectivity index (χ4v) is 4.63. The summed E-state index contributed by atoms with van der Waals surface area (Å²) >= 11 is 0. The second-order valence-electron chi connectivity index (χ2n) is 9.49. The lowest BCUT2D eigenvalue weighted by Gasteiger charge is -2.18. The fourth-order valence-electron chi connectivity index (χ4n) is 4.63. The molecule has 0 spiro atoms. The Hall–Kier alpha value is -3.22. The van der Waals surface area contributed by atoms with Gasteiger partial charge in [-0.1, -0.05) is 72.4 Å². The minimum Gasteiger partial charge on any atom is -0.509 e. The molecule has 0 fully saturated rings. The van der Waals surface area contributed by atoms with Crippen LogP contribution in [0.25, 0.3) is 0 Å². The molecular formula is C30H37NO5. The van der Waals surface area contributed by atoms with Gasteiger partial charge in [0.15, 0.2) is 5.78 Å². The zero-order chi connectivity index (χ0) is 26.1. The largest absolute Gasteiger partial charge is 0.509 e. The monoisotopic (exact) mass is 491 g/mol. The molecule has 0 bridgehead atoms. The van der Waals surface area contributed by atoms with Gasteiger partial charge in [-0.2, -0.15) is 0 Å². The number of hydrogen-bond acceptors (Lipinski definition) is 5. The average Bonchev–Trinajstić information content (AvgIpc) is 3.17. The van der Waals surface area contributed by atoms with E-state index in [1.54, 1.807) is 13.0 Å². The highest BCUT2D eigenvalue weighted by atomic mass is 16.5. The van der Waals surface area contributed by atoms with Gasteiger partial charge in [-0.15, -0.1) is 0 Å². The Morgan fingerprint density at radius 3 is 2.56 bits per heavy atom. The van der Waals surface area contributed by atoms with Crippen molar-refractivity contribution in [2.75, 3.05) is 7.11 Å². The van der Waals surface area contributed by atoms with Gasteiger partial charge < -0.3 is 20.3 Å². The Bertz CT molecular complexity index is 1080. The van der Waals surface area contributed by atoms with Crippen molar-refractivity contribution in [1.29, 1.82) is 0 Å². The summed E-state index contributed by atoms with van der Waals surface area (Å²) in [5, 5.41) is 24.3. The number of Topliss-reactive ketones (excluding diaryl/α,β-unsaturated/α-hetero) is 1. The lowest BCUT2D eigenvalue weighted by molar-refractivity contribution is -0.118. The van der Waals surface area contributed by atoms with Crippen LogP contribution >= 0.6 is 0 Å². The first-order valence-electron chi connectivity index (χ1n) is 12.5. The van der Waals surface area contributed by atoms with Crippen molar-refractivity contribution in [3.05, 3.63) is 94.8 Å². The first-order valence-corrected chi connectivity index (χ1v) is 12.5. The molecule has 3 N–H and O–H groups in total. The summed E-state index contributed by atoms with van der Waals surface area (Å²) in [6, 6.07) is 9.65. The predicted octanol–water partition coefficient (Wildman–Crippen LogP) is 5.20. The van der Waals surface area contributed by atoms with Crippen molar-refractivity contribution >= 4 is 11.7 Å². The van der Waals surface area contributed by atoms with E-state index in [4.69, 9.17) is 4.74 Å². The van der Waals surface area contributed by atoms with Crippen LogP contribution in [0.5, 0.6) is 0 Å². The van der Waals surface area contributed by atoms with Crippen LogP contribution in [-0.2, 0) is 14.3 Å². The summed E-state index contributed by atoms with van der Waals surface area (Å²) in [6.07, 6.45) is 12.0. The van der Waals surface area contributed by atoms with Crippen LogP contribution in [0.15, 0.2) is 89.3 Å². The number of ketones is 1. The standard InChI is InChI=1S/C30H37NO5/c1-20-11-10-12-21(2)30(35)31-25(22-13-6-4-7-14-22)16-9-5-8-15-24(32)19-26(33)28-23(17-20)18-27(36-3)29(28)34/h4-7,9-14,17,23-25,27,32,34H,8,15-16,18-19H2,1-3H3,(H,31,35)/b9-5+,11-10+,20-17+,21-12-. The van der Waals surface area contributed by atoms with E-state index in [2.05, 4.69) is 5.32 Å². The predicted molar refractivity (Wildman–Crippen MR) is 141 cm³/mol. The maximum absolute atomic E-state index is 13.0. The van der Waals surface area contributed by atoms with E-state index in [-0.39, 0.29) is 35.8 Å². The Kier molecular flexibility index (Phi) is 10.0. The summed E-state index contributed by atoms with van der Waals surface area (Å²) < 4.78 is 5.37. The minimum atomic E-state index is -0.812. The second-order valence-corrected chi connectivity index (χ2v) is 9.49. The minimum absolute atomic E-state index is 0.0436. The third-order valence-electron chi connectivity index (χ3n) is 6.67. The number of nitrogens with one attached hydrogen (secondary N) is 1. The molecule has 36 heavy (non-hydrogen) atoms. The Labute approximate surface area is 213 Å².